The molecule has 96 valence electrons. The fraction of sp³-hybridized carbons (Fsp3) is 0.538. The summed E-state index contributed by atoms with van der Waals surface area (Å²) in [5.74, 6) is -0.409. The molecule has 1 saturated heterocycles. The molecule has 0 bridgehead atoms. The first-order valence-electron chi connectivity index (χ1n) is 6.24. The van der Waals surface area contributed by atoms with Crippen molar-refractivity contribution in [3.05, 3.63) is 22.4 Å². The molecule has 5 heteroatoms. The summed E-state index contributed by atoms with van der Waals surface area (Å²) >= 11 is 1.50. The molecule has 0 spiro atoms. The number of aliphatic hydroxyl groups is 1. The number of rotatable bonds is 3. The van der Waals surface area contributed by atoms with Crippen LogP contribution in [0.1, 0.15) is 30.9 Å². The molecular weight excluding hydrogens is 250 g/mol. The van der Waals surface area contributed by atoms with Crippen LogP contribution in [0.5, 0.6) is 0 Å². The van der Waals surface area contributed by atoms with Crippen LogP contribution >= 0.6 is 11.3 Å². The highest BCUT2D eigenvalue weighted by Gasteiger charge is 2.49. The molecule has 2 aliphatic rings. The maximum atomic E-state index is 12.1. The molecule has 1 aromatic rings. The normalized spacial score (nSPS) is 28.8. The molecule has 2 amide bonds. The predicted molar refractivity (Wildman–Crippen MR) is 66.8 cm³/mol. The molecule has 18 heavy (non-hydrogen) atoms. The van der Waals surface area contributed by atoms with E-state index in [-0.39, 0.29) is 30.2 Å². The number of carbonyl (C=O) groups excluding carboxylic acids is 2. The minimum Gasteiger partial charge on any atom is -0.387 e. The Balaban J connectivity index is 1.74. The molecule has 0 aromatic carbocycles. The lowest BCUT2D eigenvalue weighted by atomic mass is 10.00. The lowest BCUT2D eigenvalue weighted by Crippen LogP contribution is -2.35. The topological polar surface area (TPSA) is 57.6 Å². The average Bonchev–Trinajstić information content (AvgIpc) is 3.05. The molecule has 1 aromatic heterocycles. The minimum atomic E-state index is -0.761. The number of imide groups is 1. The first-order chi connectivity index (χ1) is 8.68. The van der Waals surface area contributed by atoms with Crippen LogP contribution in [0.25, 0.3) is 0 Å². The lowest BCUT2D eigenvalue weighted by molar-refractivity contribution is -0.142. The van der Waals surface area contributed by atoms with Crippen LogP contribution in [-0.2, 0) is 9.59 Å². The van der Waals surface area contributed by atoms with Crippen LogP contribution in [0.3, 0.4) is 0 Å². The second kappa shape index (κ2) is 4.48. The number of thiophene rings is 1. The van der Waals surface area contributed by atoms with Crippen LogP contribution in [0, 0.1) is 11.8 Å². The Morgan fingerprint density at radius 1 is 1.33 bits per heavy atom. The number of fused-ring (bicyclic) bond motifs is 1. The van der Waals surface area contributed by atoms with Crippen LogP contribution in [0.4, 0.5) is 0 Å². The van der Waals surface area contributed by atoms with Crippen molar-refractivity contribution in [3.63, 3.8) is 0 Å². The molecule has 3 unspecified atom stereocenters. The predicted octanol–water partition coefficient (Wildman–Crippen LogP) is 1.57. The lowest BCUT2D eigenvalue weighted by Gasteiger charge is -2.19. The van der Waals surface area contributed by atoms with Crippen molar-refractivity contribution >= 4 is 23.2 Å². The van der Waals surface area contributed by atoms with E-state index in [0.29, 0.717) is 0 Å². The van der Waals surface area contributed by atoms with Gasteiger partial charge in [-0.2, -0.15) is 11.3 Å². The van der Waals surface area contributed by atoms with Gasteiger partial charge in [0.25, 0.3) is 0 Å². The fourth-order valence-corrected chi connectivity index (χ4v) is 3.69. The van der Waals surface area contributed by atoms with Gasteiger partial charge in [-0.05, 0) is 35.2 Å². The number of carbonyl (C=O) groups is 2. The summed E-state index contributed by atoms with van der Waals surface area (Å²) in [7, 11) is 0. The Kier molecular flexibility index (Phi) is 2.95. The molecule has 3 rings (SSSR count). The quantitative estimate of drug-likeness (QED) is 0.844. The van der Waals surface area contributed by atoms with Crippen molar-refractivity contribution in [2.45, 2.75) is 25.4 Å². The van der Waals surface area contributed by atoms with Gasteiger partial charge in [0.15, 0.2) is 0 Å². The van der Waals surface area contributed by atoms with Crippen LogP contribution in [0.15, 0.2) is 16.8 Å². The van der Waals surface area contributed by atoms with E-state index in [9.17, 15) is 14.7 Å². The number of likely N-dealkylation sites (tertiary alicyclic amines) is 1. The number of β-amino-alcohol motifs (C(OH)–C–C–N with tert-alkyl or cyclic N) is 1. The zero-order chi connectivity index (χ0) is 12.7. The van der Waals surface area contributed by atoms with Gasteiger partial charge < -0.3 is 5.11 Å². The van der Waals surface area contributed by atoms with Gasteiger partial charge in [0.1, 0.15) is 0 Å². The third-order valence-corrected chi connectivity index (χ3v) is 4.67. The van der Waals surface area contributed by atoms with E-state index in [1.54, 1.807) is 0 Å². The molecule has 1 saturated carbocycles. The van der Waals surface area contributed by atoms with Gasteiger partial charge in [-0.25, -0.2) is 0 Å². The SMILES string of the molecule is O=C1C2CCCC2C(=O)N1CC(O)c1ccsc1. The van der Waals surface area contributed by atoms with E-state index in [1.165, 1.54) is 16.2 Å². The Bertz CT molecular complexity index is 449. The number of aliphatic hydroxyl groups excluding tert-OH is 1. The van der Waals surface area contributed by atoms with Crippen molar-refractivity contribution < 1.29 is 14.7 Å². The van der Waals surface area contributed by atoms with E-state index >= 15 is 0 Å². The summed E-state index contributed by atoms with van der Waals surface area (Å²) in [6.45, 7) is 0.0986. The Morgan fingerprint density at radius 3 is 2.56 bits per heavy atom. The summed E-state index contributed by atoms with van der Waals surface area (Å²) in [4.78, 5) is 25.5. The van der Waals surface area contributed by atoms with Crippen molar-refractivity contribution in [1.82, 2.24) is 4.90 Å². The maximum Gasteiger partial charge on any atom is 0.233 e. The number of amides is 2. The average molecular weight is 265 g/mol. The minimum absolute atomic E-state index is 0.0863. The first-order valence-corrected chi connectivity index (χ1v) is 7.18. The van der Waals surface area contributed by atoms with Gasteiger partial charge in [0.2, 0.25) is 11.8 Å². The number of hydrogen-bond donors (Lipinski definition) is 1. The summed E-state index contributed by atoms with van der Waals surface area (Å²) in [5, 5.41) is 13.7. The second-order valence-electron chi connectivity index (χ2n) is 5.00. The first kappa shape index (κ1) is 11.9. The smallest absolute Gasteiger partial charge is 0.233 e. The number of nitrogens with zero attached hydrogens (tertiary/aromatic N) is 1. The third-order valence-electron chi connectivity index (χ3n) is 3.97. The molecule has 1 N–H and O–H groups in total. The molecule has 1 aliphatic carbocycles. The fourth-order valence-electron chi connectivity index (χ4n) is 2.98. The molecule has 4 nitrogen and oxygen atoms in total. The summed E-state index contributed by atoms with van der Waals surface area (Å²) in [6, 6.07) is 1.82. The zero-order valence-corrected chi connectivity index (χ0v) is 10.7. The van der Waals surface area contributed by atoms with E-state index in [2.05, 4.69) is 0 Å². The summed E-state index contributed by atoms with van der Waals surface area (Å²) in [5.41, 5.74) is 0.776. The van der Waals surface area contributed by atoms with Gasteiger partial charge in [-0.15, -0.1) is 0 Å². The molecule has 1 aliphatic heterocycles. The standard InChI is InChI=1S/C13H15NO3S/c15-11(8-4-5-18-7-8)6-14-12(16)9-2-1-3-10(9)13(14)17/h4-5,7,9-11,15H,1-3,6H2. The monoisotopic (exact) mass is 265 g/mol. The second-order valence-corrected chi connectivity index (χ2v) is 5.78. The van der Waals surface area contributed by atoms with Crippen LogP contribution < -0.4 is 0 Å². The van der Waals surface area contributed by atoms with E-state index in [1.807, 2.05) is 16.8 Å². The highest BCUT2D eigenvalue weighted by Crippen LogP contribution is 2.40. The van der Waals surface area contributed by atoms with Crippen LogP contribution in [0.2, 0.25) is 0 Å². The van der Waals surface area contributed by atoms with Gasteiger partial charge in [0, 0.05) is 0 Å². The van der Waals surface area contributed by atoms with Crippen LogP contribution in [-0.4, -0.2) is 28.4 Å². The van der Waals surface area contributed by atoms with E-state index < -0.39 is 6.10 Å². The van der Waals surface area contributed by atoms with Gasteiger partial charge in [0.05, 0.1) is 24.5 Å². The highest BCUT2D eigenvalue weighted by atomic mass is 32.1. The largest absolute Gasteiger partial charge is 0.387 e. The Labute approximate surface area is 109 Å². The Morgan fingerprint density at radius 2 is 2.00 bits per heavy atom. The highest BCUT2D eigenvalue weighted by molar-refractivity contribution is 7.07. The molecule has 3 atom stereocenters. The van der Waals surface area contributed by atoms with Crippen molar-refractivity contribution in [2.75, 3.05) is 6.54 Å². The molecular formula is C13H15NO3S. The van der Waals surface area contributed by atoms with Gasteiger partial charge >= 0.3 is 0 Å². The third kappa shape index (κ3) is 1.78. The number of hydrogen-bond acceptors (Lipinski definition) is 4. The van der Waals surface area contributed by atoms with Crippen molar-refractivity contribution in [1.29, 1.82) is 0 Å². The van der Waals surface area contributed by atoms with Gasteiger partial charge in [-0.3, -0.25) is 14.5 Å². The zero-order valence-electron chi connectivity index (χ0n) is 9.91. The van der Waals surface area contributed by atoms with E-state index in [4.69, 9.17) is 0 Å². The van der Waals surface area contributed by atoms with E-state index in [0.717, 1.165) is 24.8 Å². The van der Waals surface area contributed by atoms with Crippen molar-refractivity contribution in [2.24, 2.45) is 11.8 Å². The Hall–Kier alpha value is -1.20. The maximum absolute atomic E-state index is 12.1. The molecule has 2 heterocycles. The molecule has 0 radical (unpaired) electrons. The van der Waals surface area contributed by atoms with Gasteiger partial charge in [-0.1, -0.05) is 6.42 Å². The summed E-state index contributed by atoms with van der Waals surface area (Å²) < 4.78 is 0. The molecule has 2 fully saturated rings. The summed E-state index contributed by atoms with van der Waals surface area (Å²) in [6.07, 6.45) is 1.84. The van der Waals surface area contributed by atoms with Crippen molar-refractivity contribution in [3.8, 4) is 0 Å².